The summed E-state index contributed by atoms with van der Waals surface area (Å²) in [6.07, 6.45) is 0. The highest BCUT2D eigenvalue weighted by molar-refractivity contribution is 6.08. The number of carbonyl (C=O) groups is 1. The highest BCUT2D eigenvalue weighted by Gasteiger charge is 2.13. The first-order chi connectivity index (χ1) is 9.65. The van der Waals surface area contributed by atoms with Crippen molar-refractivity contribution in [1.82, 2.24) is 0 Å². The monoisotopic (exact) mass is 270 g/mol. The lowest BCUT2D eigenvalue weighted by atomic mass is 10.1. The lowest BCUT2D eigenvalue weighted by molar-refractivity contribution is 0.102. The summed E-state index contributed by atoms with van der Waals surface area (Å²) < 4.78 is 5.23. The van der Waals surface area contributed by atoms with Crippen molar-refractivity contribution in [3.63, 3.8) is 0 Å². The summed E-state index contributed by atoms with van der Waals surface area (Å²) in [5.41, 5.74) is 3.10. The van der Waals surface area contributed by atoms with Crippen LogP contribution >= 0.6 is 0 Å². The minimum absolute atomic E-state index is 0.164. The van der Waals surface area contributed by atoms with Gasteiger partial charge in [-0.15, -0.1) is 0 Å². The van der Waals surface area contributed by atoms with E-state index in [1.165, 1.54) is 0 Å². The number of nitrogens with one attached hydrogen (secondary N) is 2. The molecule has 0 unspecified atom stereocenters. The number of para-hydroxylation sites is 2. The molecule has 0 bridgehead atoms. The van der Waals surface area contributed by atoms with Gasteiger partial charge in [0.1, 0.15) is 5.75 Å². The van der Waals surface area contributed by atoms with Crippen LogP contribution in [0.25, 0.3) is 0 Å². The molecule has 0 atom stereocenters. The second-order valence-electron chi connectivity index (χ2n) is 4.45. The summed E-state index contributed by atoms with van der Waals surface area (Å²) in [6, 6.07) is 13.1. The molecule has 0 saturated heterocycles. The predicted molar refractivity (Wildman–Crippen MR) is 81.7 cm³/mol. The minimum atomic E-state index is -0.164. The first-order valence-electron chi connectivity index (χ1n) is 6.38. The largest absolute Gasteiger partial charge is 0.495 e. The number of ether oxygens (including phenoxy) is 1. The fraction of sp³-hybridized carbons (Fsp3) is 0.188. The van der Waals surface area contributed by atoms with Gasteiger partial charge in [-0.25, -0.2) is 0 Å². The third kappa shape index (κ3) is 2.91. The van der Waals surface area contributed by atoms with Gasteiger partial charge in [0.25, 0.3) is 5.91 Å². The van der Waals surface area contributed by atoms with Gasteiger partial charge in [-0.2, -0.15) is 0 Å². The van der Waals surface area contributed by atoms with Gasteiger partial charge >= 0.3 is 0 Å². The van der Waals surface area contributed by atoms with Crippen LogP contribution in [0.3, 0.4) is 0 Å². The van der Waals surface area contributed by atoms with Crippen LogP contribution < -0.4 is 15.4 Å². The molecule has 2 rings (SSSR count). The molecule has 20 heavy (non-hydrogen) atoms. The lowest BCUT2D eigenvalue weighted by Crippen LogP contribution is -2.14. The van der Waals surface area contributed by atoms with Crippen LogP contribution in [0.4, 0.5) is 11.4 Å². The Morgan fingerprint density at radius 1 is 1.10 bits per heavy atom. The van der Waals surface area contributed by atoms with Crippen molar-refractivity contribution >= 4 is 17.3 Å². The summed E-state index contributed by atoms with van der Waals surface area (Å²) in [5.74, 6) is 0.474. The molecule has 0 spiro atoms. The molecule has 104 valence electrons. The highest BCUT2D eigenvalue weighted by Crippen LogP contribution is 2.25. The van der Waals surface area contributed by atoms with Crippen molar-refractivity contribution < 1.29 is 9.53 Å². The standard InChI is InChI=1S/C16H18N2O2/c1-11-8-9-13(17-2)12(10-11)16(19)18-14-6-4-5-7-15(14)20-3/h4-10,17H,1-3H3,(H,18,19). The fourth-order valence-corrected chi connectivity index (χ4v) is 2.00. The maximum absolute atomic E-state index is 12.4. The molecule has 0 aromatic heterocycles. The molecule has 4 nitrogen and oxygen atoms in total. The van der Waals surface area contributed by atoms with Gasteiger partial charge in [0, 0.05) is 12.7 Å². The van der Waals surface area contributed by atoms with E-state index in [1.807, 2.05) is 49.4 Å². The van der Waals surface area contributed by atoms with E-state index in [1.54, 1.807) is 14.2 Å². The molecule has 4 heteroatoms. The van der Waals surface area contributed by atoms with E-state index in [4.69, 9.17) is 4.74 Å². The molecule has 0 radical (unpaired) electrons. The first-order valence-corrected chi connectivity index (χ1v) is 6.38. The third-order valence-electron chi connectivity index (χ3n) is 3.04. The zero-order valence-electron chi connectivity index (χ0n) is 11.9. The molecule has 2 aromatic rings. The molecule has 2 aromatic carbocycles. The van der Waals surface area contributed by atoms with Gasteiger partial charge in [-0.3, -0.25) is 4.79 Å². The Balaban J connectivity index is 2.30. The van der Waals surface area contributed by atoms with Crippen molar-refractivity contribution in [3.05, 3.63) is 53.6 Å². The second kappa shape index (κ2) is 6.10. The van der Waals surface area contributed by atoms with Crippen molar-refractivity contribution in [2.45, 2.75) is 6.92 Å². The SMILES string of the molecule is CNc1ccc(C)cc1C(=O)Nc1ccccc1OC. The number of amides is 1. The highest BCUT2D eigenvalue weighted by atomic mass is 16.5. The normalized spacial score (nSPS) is 9.95. The molecule has 0 aliphatic heterocycles. The summed E-state index contributed by atoms with van der Waals surface area (Å²) in [7, 11) is 3.38. The van der Waals surface area contributed by atoms with Gasteiger partial charge in [0.15, 0.2) is 0 Å². The van der Waals surface area contributed by atoms with Crippen molar-refractivity contribution in [2.75, 3.05) is 24.8 Å². The van der Waals surface area contributed by atoms with Crippen molar-refractivity contribution in [2.24, 2.45) is 0 Å². The van der Waals surface area contributed by atoms with Crippen LogP contribution in [-0.2, 0) is 0 Å². The van der Waals surface area contributed by atoms with Crippen LogP contribution in [0.15, 0.2) is 42.5 Å². The van der Waals surface area contributed by atoms with Crippen molar-refractivity contribution in [3.8, 4) is 5.75 Å². The smallest absolute Gasteiger partial charge is 0.257 e. The number of rotatable bonds is 4. The molecule has 0 aliphatic rings. The number of hydrogen-bond donors (Lipinski definition) is 2. The van der Waals surface area contributed by atoms with Crippen LogP contribution in [-0.4, -0.2) is 20.1 Å². The molecule has 1 amide bonds. The van der Waals surface area contributed by atoms with Crippen LogP contribution in [0.1, 0.15) is 15.9 Å². The summed E-state index contributed by atoms with van der Waals surface area (Å²) in [6.45, 7) is 1.96. The Kier molecular flexibility index (Phi) is 4.25. The predicted octanol–water partition coefficient (Wildman–Crippen LogP) is 3.30. The maximum atomic E-state index is 12.4. The number of methoxy groups -OCH3 is 1. The van der Waals surface area contributed by atoms with Gasteiger partial charge in [0.05, 0.1) is 18.4 Å². The Hall–Kier alpha value is -2.49. The van der Waals surface area contributed by atoms with Crippen LogP contribution in [0.2, 0.25) is 0 Å². The van der Waals surface area contributed by atoms with E-state index in [9.17, 15) is 4.79 Å². The number of carbonyl (C=O) groups excluding carboxylic acids is 1. The van der Waals surface area contributed by atoms with Gasteiger partial charge in [-0.1, -0.05) is 23.8 Å². The van der Waals surface area contributed by atoms with Crippen LogP contribution in [0.5, 0.6) is 5.75 Å². The van der Waals surface area contributed by atoms with E-state index in [-0.39, 0.29) is 5.91 Å². The number of benzene rings is 2. The van der Waals surface area contributed by atoms with E-state index in [2.05, 4.69) is 10.6 Å². The number of hydrogen-bond acceptors (Lipinski definition) is 3. The topological polar surface area (TPSA) is 50.4 Å². The van der Waals surface area contributed by atoms with E-state index in [0.717, 1.165) is 11.3 Å². The average molecular weight is 270 g/mol. The zero-order chi connectivity index (χ0) is 14.5. The molecule has 0 heterocycles. The maximum Gasteiger partial charge on any atom is 0.257 e. The van der Waals surface area contributed by atoms with Crippen molar-refractivity contribution in [1.29, 1.82) is 0 Å². The third-order valence-corrected chi connectivity index (χ3v) is 3.04. The molecular weight excluding hydrogens is 252 g/mol. The van der Waals surface area contributed by atoms with E-state index >= 15 is 0 Å². The summed E-state index contributed by atoms with van der Waals surface area (Å²) in [4.78, 5) is 12.4. The molecule has 2 N–H and O–H groups in total. The van der Waals surface area contributed by atoms with Gasteiger partial charge in [0.2, 0.25) is 0 Å². The zero-order valence-corrected chi connectivity index (χ0v) is 11.9. The Morgan fingerprint density at radius 3 is 2.55 bits per heavy atom. The van der Waals surface area contributed by atoms with E-state index in [0.29, 0.717) is 17.0 Å². The van der Waals surface area contributed by atoms with E-state index < -0.39 is 0 Å². The summed E-state index contributed by atoms with van der Waals surface area (Å²) >= 11 is 0. The molecule has 0 aliphatic carbocycles. The Labute approximate surface area is 118 Å². The fourth-order valence-electron chi connectivity index (χ4n) is 2.00. The summed E-state index contributed by atoms with van der Waals surface area (Å²) in [5, 5.41) is 5.90. The van der Waals surface area contributed by atoms with Crippen LogP contribution in [0, 0.1) is 6.92 Å². The minimum Gasteiger partial charge on any atom is -0.495 e. The quantitative estimate of drug-likeness (QED) is 0.896. The molecular formula is C16H18N2O2. The lowest BCUT2D eigenvalue weighted by Gasteiger charge is -2.12. The Bertz CT molecular complexity index is 624. The number of anilines is 2. The number of aryl methyl sites for hydroxylation is 1. The molecule has 0 saturated carbocycles. The molecule has 0 fully saturated rings. The second-order valence-corrected chi connectivity index (χ2v) is 4.45. The van der Waals surface area contributed by atoms with Gasteiger partial charge < -0.3 is 15.4 Å². The first kappa shape index (κ1) is 13.9. The van der Waals surface area contributed by atoms with Gasteiger partial charge in [-0.05, 0) is 31.2 Å². The Morgan fingerprint density at radius 2 is 1.85 bits per heavy atom. The average Bonchev–Trinajstić information content (AvgIpc) is 2.47.